The fraction of sp³-hybridized carbons (Fsp3) is 0.423. The van der Waals surface area contributed by atoms with E-state index in [-0.39, 0.29) is 12.2 Å². The van der Waals surface area contributed by atoms with Crippen molar-refractivity contribution < 1.29 is 23.7 Å². The number of esters is 1. The van der Waals surface area contributed by atoms with E-state index in [4.69, 9.17) is 31.2 Å². The predicted molar refractivity (Wildman–Crippen MR) is 139 cm³/mol. The average Bonchev–Trinajstić information content (AvgIpc) is 2.87. The van der Waals surface area contributed by atoms with Crippen molar-refractivity contribution in [3.63, 3.8) is 0 Å². The first-order valence-electron chi connectivity index (χ1n) is 11.9. The summed E-state index contributed by atoms with van der Waals surface area (Å²) < 4.78 is 22.5. The van der Waals surface area contributed by atoms with E-state index in [1.165, 1.54) is 6.42 Å². The highest BCUT2D eigenvalue weighted by molar-refractivity contribution is 7.80. The van der Waals surface area contributed by atoms with Gasteiger partial charge in [-0.3, -0.25) is 5.43 Å². The number of rotatable bonds is 7. The number of hydrazone groups is 1. The minimum absolute atomic E-state index is 0.158. The standard InChI is InChI=1S/C26H31N3O5S/c1-3-32-24(30)17-33-18-11-12-22-19(15-18)21(16-26(34-22)13-7-4-8-14-26)28-29-25(35)27-20-9-5-6-10-23(20)31-2/h5-6,9-12,15H,3-4,7-8,13-14,16-17H2,1-2H3,(H2,27,29,35)/b28-21-. The van der Waals surface area contributed by atoms with Gasteiger partial charge in [0.15, 0.2) is 11.7 Å². The molecule has 186 valence electrons. The van der Waals surface area contributed by atoms with Gasteiger partial charge in [-0.25, -0.2) is 4.79 Å². The number of anilines is 1. The Bertz CT molecular complexity index is 1100. The molecule has 1 aliphatic carbocycles. The third kappa shape index (κ3) is 6.22. The Hall–Kier alpha value is -3.33. The SMILES string of the molecule is CCOC(=O)COc1ccc2c(c1)/C(=N\NC(=S)Nc1ccccc1OC)CC1(CCCCC1)O2. The van der Waals surface area contributed by atoms with Crippen LogP contribution in [0.2, 0.25) is 0 Å². The average molecular weight is 498 g/mol. The molecule has 1 aliphatic heterocycles. The number of carbonyl (C=O) groups excluding carboxylic acids is 1. The number of methoxy groups -OCH3 is 1. The van der Waals surface area contributed by atoms with E-state index in [0.29, 0.717) is 29.6 Å². The Balaban J connectivity index is 1.55. The summed E-state index contributed by atoms with van der Waals surface area (Å²) >= 11 is 5.49. The molecule has 2 aromatic carbocycles. The van der Waals surface area contributed by atoms with E-state index in [1.54, 1.807) is 20.1 Å². The van der Waals surface area contributed by atoms with Crippen LogP contribution in [0.4, 0.5) is 5.69 Å². The summed E-state index contributed by atoms with van der Waals surface area (Å²) in [5, 5.41) is 8.17. The van der Waals surface area contributed by atoms with Crippen LogP contribution in [0.5, 0.6) is 17.2 Å². The number of nitrogens with one attached hydrogen (secondary N) is 2. The van der Waals surface area contributed by atoms with Crippen molar-refractivity contribution in [1.82, 2.24) is 5.43 Å². The molecule has 2 aromatic rings. The Morgan fingerprint density at radius 3 is 2.74 bits per heavy atom. The molecule has 0 radical (unpaired) electrons. The van der Waals surface area contributed by atoms with Gasteiger partial charge in [0.2, 0.25) is 0 Å². The molecule has 1 spiro atoms. The van der Waals surface area contributed by atoms with Crippen molar-refractivity contribution in [3.8, 4) is 17.2 Å². The van der Waals surface area contributed by atoms with Gasteiger partial charge in [-0.05, 0) is 75.2 Å². The number of carbonyl (C=O) groups is 1. The summed E-state index contributed by atoms with van der Waals surface area (Å²) in [6.45, 7) is 1.92. The van der Waals surface area contributed by atoms with Crippen molar-refractivity contribution in [1.29, 1.82) is 0 Å². The predicted octanol–water partition coefficient (Wildman–Crippen LogP) is 4.81. The number of benzene rings is 2. The molecule has 0 unspecified atom stereocenters. The number of para-hydroxylation sites is 2. The summed E-state index contributed by atoms with van der Waals surface area (Å²) in [6.07, 6.45) is 6.10. The van der Waals surface area contributed by atoms with Gasteiger partial charge in [-0.1, -0.05) is 18.6 Å². The quantitative estimate of drug-likeness (QED) is 0.320. The first-order valence-corrected chi connectivity index (χ1v) is 12.3. The molecule has 9 heteroatoms. The van der Waals surface area contributed by atoms with E-state index >= 15 is 0 Å². The molecular formula is C26H31N3O5S. The van der Waals surface area contributed by atoms with Gasteiger partial charge >= 0.3 is 5.97 Å². The molecule has 0 saturated heterocycles. The smallest absolute Gasteiger partial charge is 0.344 e. The molecule has 0 atom stereocenters. The highest BCUT2D eigenvalue weighted by atomic mass is 32.1. The number of hydrogen-bond donors (Lipinski definition) is 2. The molecular weight excluding hydrogens is 466 g/mol. The van der Waals surface area contributed by atoms with E-state index in [2.05, 4.69) is 15.8 Å². The summed E-state index contributed by atoms with van der Waals surface area (Å²) in [5.74, 6) is 1.57. The molecule has 0 bridgehead atoms. The van der Waals surface area contributed by atoms with Crippen LogP contribution < -0.4 is 25.0 Å². The summed E-state index contributed by atoms with van der Waals surface area (Å²) in [4.78, 5) is 11.7. The fourth-order valence-corrected chi connectivity index (χ4v) is 4.67. The zero-order valence-corrected chi connectivity index (χ0v) is 20.9. The lowest BCUT2D eigenvalue weighted by atomic mass is 9.78. The van der Waals surface area contributed by atoms with Crippen LogP contribution in [0.15, 0.2) is 47.6 Å². The van der Waals surface area contributed by atoms with Crippen LogP contribution in [0.1, 0.15) is 51.0 Å². The maximum Gasteiger partial charge on any atom is 0.344 e. The molecule has 2 aliphatic rings. The van der Waals surface area contributed by atoms with E-state index < -0.39 is 5.97 Å². The van der Waals surface area contributed by atoms with Crippen LogP contribution in [-0.2, 0) is 9.53 Å². The Labute approximate surface area is 211 Å². The van der Waals surface area contributed by atoms with Gasteiger partial charge in [0, 0.05) is 12.0 Å². The molecule has 35 heavy (non-hydrogen) atoms. The van der Waals surface area contributed by atoms with Crippen molar-refractivity contribution in [3.05, 3.63) is 48.0 Å². The second-order valence-electron chi connectivity index (χ2n) is 8.60. The van der Waals surface area contributed by atoms with Gasteiger partial charge in [0.25, 0.3) is 0 Å². The molecule has 1 saturated carbocycles. The third-order valence-electron chi connectivity index (χ3n) is 6.15. The van der Waals surface area contributed by atoms with Gasteiger partial charge in [0.05, 0.1) is 25.1 Å². The zero-order chi connectivity index (χ0) is 24.7. The van der Waals surface area contributed by atoms with Gasteiger partial charge in [-0.2, -0.15) is 5.10 Å². The van der Waals surface area contributed by atoms with Gasteiger partial charge in [0.1, 0.15) is 22.8 Å². The highest BCUT2D eigenvalue weighted by Gasteiger charge is 2.40. The molecule has 0 amide bonds. The molecule has 0 aromatic heterocycles. The maximum atomic E-state index is 11.7. The minimum atomic E-state index is -0.411. The van der Waals surface area contributed by atoms with Crippen molar-refractivity contribution in [2.75, 3.05) is 25.6 Å². The van der Waals surface area contributed by atoms with E-state index in [1.807, 2.05) is 36.4 Å². The Kier molecular flexibility index (Phi) is 8.07. The molecule has 2 N–H and O–H groups in total. The first-order chi connectivity index (χ1) is 17.0. The largest absolute Gasteiger partial charge is 0.495 e. The number of nitrogens with zero attached hydrogens (tertiary/aromatic N) is 1. The van der Waals surface area contributed by atoms with Gasteiger partial charge < -0.3 is 24.3 Å². The van der Waals surface area contributed by atoms with Crippen molar-refractivity contribution in [2.24, 2.45) is 5.10 Å². The highest BCUT2D eigenvalue weighted by Crippen LogP contribution is 2.43. The normalized spacial score (nSPS) is 17.1. The van der Waals surface area contributed by atoms with E-state index in [9.17, 15) is 4.79 Å². The van der Waals surface area contributed by atoms with Crippen molar-refractivity contribution in [2.45, 2.75) is 51.0 Å². The zero-order valence-electron chi connectivity index (χ0n) is 20.1. The number of thiocarbonyl (C=S) groups is 1. The summed E-state index contributed by atoms with van der Waals surface area (Å²) in [5.41, 5.74) is 5.11. The summed E-state index contributed by atoms with van der Waals surface area (Å²) in [7, 11) is 1.61. The third-order valence-corrected chi connectivity index (χ3v) is 6.35. The first kappa shape index (κ1) is 24.8. The molecule has 4 rings (SSSR count). The monoisotopic (exact) mass is 497 g/mol. The minimum Gasteiger partial charge on any atom is -0.495 e. The van der Waals surface area contributed by atoms with Crippen LogP contribution in [0.25, 0.3) is 0 Å². The van der Waals surface area contributed by atoms with Crippen molar-refractivity contribution >= 4 is 34.7 Å². The Morgan fingerprint density at radius 1 is 1.17 bits per heavy atom. The second kappa shape index (κ2) is 11.4. The fourth-order valence-electron chi connectivity index (χ4n) is 4.52. The van der Waals surface area contributed by atoms with Crippen LogP contribution in [-0.4, -0.2) is 42.7 Å². The van der Waals surface area contributed by atoms with Crippen LogP contribution in [0, 0.1) is 0 Å². The van der Waals surface area contributed by atoms with Crippen LogP contribution >= 0.6 is 12.2 Å². The maximum absolute atomic E-state index is 11.7. The number of fused-ring (bicyclic) bond motifs is 1. The Morgan fingerprint density at radius 2 is 1.97 bits per heavy atom. The molecule has 1 heterocycles. The van der Waals surface area contributed by atoms with Crippen LogP contribution in [0.3, 0.4) is 0 Å². The lowest BCUT2D eigenvalue weighted by Gasteiger charge is -2.41. The molecule has 8 nitrogen and oxygen atoms in total. The topological polar surface area (TPSA) is 90.4 Å². The van der Waals surface area contributed by atoms with E-state index in [0.717, 1.165) is 48.4 Å². The second-order valence-corrected chi connectivity index (χ2v) is 9.01. The number of hydrogen-bond acceptors (Lipinski definition) is 7. The molecule has 1 fully saturated rings. The lowest BCUT2D eigenvalue weighted by molar-refractivity contribution is -0.145. The number of ether oxygens (including phenoxy) is 4. The summed E-state index contributed by atoms with van der Waals surface area (Å²) in [6, 6.07) is 13.1. The lowest BCUT2D eigenvalue weighted by Crippen LogP contribution is -2.44. The van der Waals surface area contributed by atoms with Gasteiger partial charge in [-0.15, -0.1) is 0 Å².